The van der Waals surface area contributed by atoms with Crippen LogP contribution in [0.4, 0.5) is 5.69 Å². The van der Waals surface area contributed by atoms with E-state index in [-0.39, 0.29) is 34.6 Å². The first-order chi connectivity index (χ1) is 12.4. The largest absolute Gasteiger partial charge is 0.495 e. The Morgan fingerprint density at radius 1 is 1.31 bits per heavy atom. The average molecular weight is 397 g/mol. The van der Waals surface area contributed by atoms with Gasteiger partial charge in [0, 0.05) is 11.2 Å². The van der Waals surface area contributed by atoms with Gasteiger partial charge in [-0.2, -0.15) is 4.99 Å². The summed E-state index contributed by atoms with van der Waals surface area (Å²) in [6.45, 7) is 3.96. The van der Waals surface area contributed by atoms with Crippen LogP contribution in [0.5, 0.6) is 5.75 Å². The predicted molar refractivity (Wildman–Crippen MR) is 106 cm³/mol. The number of amidine groups is 1. The van der Waals surface area contributed by atoms with Crippen LogP contribution >= 0.6 is 11.8 Å². The summed E-state index contributed by atoms with van der Waals surface area (Å²) in [5, 5.41) is 0.467. The number of ether oxygens (including phenoxy) is 1. The van der Waals surface area contributed by atoms with Gasteiger partial charge in [0.25, 0.3) is 5.91 Å². The Labute approximate surface area is 158 Å². The van der Waals surface area contributed by atoms with E-state index in [2.05, 4.69) is 4.99 Å². The van der Waals surface area contributed by atoms with Crippen molar-refractivity contribution >= 4 is 38.4 Å². The van der Waals surface area contributed by atoms with Crippen LogP contribution in [0.3, 0.4) is 0 Å². The third kappa shape index (κ3) is 3.62. The van der Waals surface area contributed by atoms with Gasteiger partial charge in [0.05, 0.1) is 30.3 Å². The van der Waals surface area contributed by atoms with Crippen LogP contribution in [0.25, 0.3) is 0 Å². The topological polar surface area (TPSA) is 76.0 Å². The van der Waals surface area contributed by atoms with Crippen LogP contribution in [0.2, 0.25) is 0 Å². The fraction of sp³-hybridized carbons (Fsp3) is 0.556. The van der Waals surface area contributed by atoms with E-state index in [1.165, 1.54) is 11.8 Å². The second kappa shape index (κ2) is 7.60. The third-order valence-corrected chi connectivity index (χ3v) is 8.16. The minimum absolute atomic E-state index is 0.0703. The number of amides is 1. The molecule has 0 bridgehead atoms. The van der Waals surface area contributed by atoms with E-state index < -0.39 is 9.84 Å². The number of aliphatic imine (C=N–C) groups is 1. The van der Waals surface area contributed by atoms with Crippen LogP contribution in [-0.2, 0) is 14.6 Å². The fourth-order valence-corrected chi connectivity index (χ4v) is 7.41. The summed E-state index contributed by atoms with van der Waals surface area (Å²) in [6, 6.07) is 7.22. The number of hydrogen-bond donors (Lipinski definition) is 0. The van der Waals surface area contributed by atoms with Gasteiger partial charge in [-0.15, -0.1) is 0 Å². The van der Waals surface area contributed by atoms with Gasteiger partial charge in [-0.05, 0) is 25.0 Å². The minimum Gasteiger partial charge on any atom is -0.495 e. The molecule has 2 atom stereocenters. The Balaban J connectivity index is 2.03. The van der Waals surface area contributed by atoms with Gasteiger partial charge >= 0.3 is 0 Å². The molecule has 1 aromatic carbocycles. The number of nitrogens with zero attached hydrogens (tertiary/aromatic N) is 2. The summed E-state index contributed by atoms with van der Waals surface area (Å²) in [7, 11) is -1.51. The van der Waals surface area contributed by atoms with Gasteiger partial charge in [0.15, 0.2) is 15.0 Å². The number of sulfone groups is 1. The lowest BCUT2D eigenvalue weighted by atomic mass is 10.0. The zero-order chi connectivity index (χ0) is 18.9. The molecule has 2 heterocycles. The van der Waals surface area contributed by atoms with Crippen molar-refractivity contribution in [2.24, 2.45) is 10.9 Å². The summed E-state index contributed by atoms with van der Waals surface area (Å²) in [4.78, 5) is 18.8. The molecule has 1 aromatic rings. The molecule has 1 amide bonds. The number of rotatable bonds is 5. The van der Waals surface area contributed by atoms with Crippen LogP contribution in [0.15, 0.2) is 29.3 Å². The van der Waals surface area contributed by atoms with Gasteiger partial charge in [-0.25, -0.2) is 8.42 Å². The molecule has 0 spiro atoms. The van der Waals surface area contributed by atoms with Gasteiger partial charge in [-0.1, -0.05) is 37.7 Å². The molecule has 0 saturated carbocycles. The second-order valence-electron chi connectivity index (χ2n) is 6.59. The zero-order valence-corrected chi connectivity index (χ0v) is 16.8. The molecule has 2 aliphatic heterocycles. The van der Waals surface area contributed by atoms with E-state index in [1.54, 1.807) is 7.11 Å². The van der Waals surface area contributed by atoms with Gasteiger partial charge in [-0.3, -0.25) is 4.79 Å². The zero-order valence-electron chi connectivity index (χ0n) is 15.2. The predicted octanol–water partition coefficient (Wildman–Crippen LogP) is 2.73. The lowest BCUT2D eigenvalue weighted by molar-refractivity contribution is -0.121. The summed E-state index contributed by atoms with van der Waals surface area (Å²) in [6.07, 6.45) is 1.49. The van der Waals surface area contributed by atoms with Crippen molar-refractivity contribution in [3.63, 3.8) is 0 Å². The Morgan fingerprint density at radius 2 is 2.00 bits per heavy atom. The van der Waals surface area contributed by atoms with E-state index in [9.17, 15) is 13.2 Å². The van der Waals surface area contributed by atoms with E-state index >= 15 is 0 Å². The van der Waals surface area contributed by atoms with Crippen LogP contribution in [-0.4, -0.2) is 49.4 Å². The molecule has 0 N–H and O–H groups in total. The van der Waals surface area contributed by atoms with Crippen LogP contribution in [0, 0.1) is 5.92 Å². The van der Waals surface area contributed by atoms with Gasteiger partial charge in [0.2, 0.25) is 0 Å². The minimum atomic E-state index is -3.09. The first-order valence-corrected chi connectivity index (χ1v) is 11.5. The summed E-state index contributed by atoms with van der Waals surface area (Å²) in [5.41, 5.74) is 0.753. The first-order valence-electron chi connectivity index (χ1n) is 8.82. The molecule has 0 aromatic heterocycles. The number of hydrogen-bond acceptors (Lipinski definition) is 5. The van der Waals surface area contributed by atoms with Gasteiger partial charge in [0.1, 0.15) is 5.75 Å². The molecule has 2 fully saturated rings. The van der Waals surface area contributed by atoms with Crippen molar-refractivity contribution in [2.75, 3.05) is 23.5 Å². The number of para-hydroxylation sites is 2. The highest BCUT2D eigenvalue weighted by molar-refractivity contribution is 8.16. The quantitative estimate of drug-likeness (QED) is 0.762. The molecular formula is C18H24N2O4S2. The van der Waals surface area contributed by atoms with Crippen LogP contribution < -0.4 is 9.64 Å². The number of anilines is 1. The normalized spacial score (nSPS) is 25.7. The van der Waals surface area contributed by atoms with E-state index in [0.29, 0.717) is 10.9 Å². The molecule has 3 rings (SSSR count). The van der Waals surface area contributed by atoms with E-state index in [1.807, 2.05) is 43.0 Å². The maximum absolute atomic E-state index is 12.6. The Kier molecular flexibility index (Phi) is 5.62. The van der Waals surface area contributed by atoms with Crippen molar-refractivity contribution < 1.29 is 17.9 Å². The summed E-state index contributed by atoms with van der Waals surface area (Å²) in [5.74, 6) is 0.584. The van der Waals surface area contributed by atoms with Crippen molar-refractivity contribution in [1.82, 2.24) is 0 Å². The Morgan fingerprint density at radius 3 is 2.65 bits per heavy atom. The number of benzene rings is 1. The first kappa shape index (κ1) is 19.2. The van der Waals surface area contributed by atoms with Crippen molar-refractivity contribution in [3.05, 3.63) is 24.3 Å². The highest BCUT2D eigenvalue weighted by atomic mass is 32.2. The Hall–Kier alpha value is -1.54. The maximum atomic E-state index is 12.6. The fourth-order valence-electron chi connectivity index (χ4n) is 3.50. The summed E-state index contributed by atoms with van der Waals surface area (Å²) >= 11 is 1.39. The average Bonchev–Trinajstić information content (AvgIpc) is 3.06. The molecular weight excluding hydrogens is 372 g/mol. The molecule has 6 nitrogen and oxygen atoms in total. The molecule has 8 heteroatoms. The third-order valence-electron chi connectivity index (χ3n) is 4.95. The highest BCUT2D eigenvalue weighted by Crippen LogP contribution is 2.43. The number of methoxy groups -OCH3 is 1. The lowest BCUT2D eigenvalue weighted by Gasteiger charge is -2.26. The van der Waals surface area contributed by atoms with Crippen LogP contribution in [0.1, 0.15) is 26.7 Å². The molecule has 0 unspecified atom stereocenters. The highest BCUT2D eigenvalue weighted by Gasteiger charge is 2.50. The molecule has 2 saturated heterocycles. The number of thioether (sulfide) groups is 1. The number of carbonyl (C=O) groups excluding carboxylic acids is 1. The second-order valence-corrected chi connectivity index (χ2v) is 9.95. The lowest BCUT2D eigenvalue weighted by Crippen LogP contribution is -2.38. The van der Waals surface area contributed by atoms with Crippen molar-refractivity contribution in [2.45, 2.75) is 38.0 Å². The summed E-state index contributed by atoms with van der Waals surface area (Å²) < 4.78 is 29.7. The van der Waals surface area contributed by atoms with Crippen molar-refractivity contribution in [3.8, 4) is 5.75 Å². The maximum Gasteiger partial charge on any atom is 0.251 e. The monoisotopic (exact) mass is 396 g/mol. The van der Waals surface area contributed by atoms with E-state index in [0.717, 1.165) is 18.5 Å². The van der Waals surface area contributed by atoms with Gasteiger partial charge < -0.3 is 9.64 Å². The van der Waals surface area contributed by atoms with Crippen molar-refractivity contribution in [1.29, 1.82) is 0 Å². The molecule has 142 valence electrons. The number of fused-ring (bicyclic) bond motifs is 1. The smallest absolute Gasteiger partial charge is 0.251 e. The van der Waals surface area contributed by atoms with E-state index in [4.69, 9.17) is 4.74 Å². The number of carbonyl (C=O) groups is 1. The molecule has 26 heavy (non-hydrogen) atoms. The molecule has 0 aliphatic carbocycles. The standard InChI is InChI=1S/C18H24N2O4S2/c1-4-12(5-2)17(21)19-18-20(13-8-6-7-9-15(13)24-3)14-10-26(22,23)11-16(14)25-18/h6-9,12,14,16H,4-5,10-11H2,1-3H3/t14-,16+/m0/s1. The molecule has 2 aliphatic rings. The Bertz CT molecular complexity index is 818. The SMILES string of the molecule is CCC(CC)C(=O)N=C1S[C@@H]2CS(=O)(=O)C[C@@H]2N1c1ccccc1OC. The molecule has 0 radical (unpaired) electrons.